The molecule has 0 N–H and O–H groups in total. The summed E-state index contributed by atoms with van der Waals surface area (Å²) in [6.07, 6.45) is 1.79. The van der Waals surface area contributed by atoms with Crippen LogP contribution in [0.2, 0.25) is 5.02 Å². The third kappa shape index (κ3) is 1.70. The van der Waals surface area contributed by atoms with Crippen molar-refractivity contribution in [2.24, 2.45) is 0 Å². The molecule has 0 aliphatic carbocycles. The Kier molecular flexibility index (Phi) is 2.93. The minimum atomic E-state index is 0.0809. The molecule has 63 valence electrons. The zero-order valence-corrected chi connectivity index (χ0v) is 7.93. The largest absolute Gasteiger partial charge is 0.102 e. The van der Waals surface area contributed by atoms with Gasteiger partial charge in [0.25, 0.3) is 0 Å². The summed E-state index contributed by atoms with van der Waals surface area (Å²) in [5.74, 6) is 0.0809. The van der Waals surface area contributed by atoms with E-state index in [1.54, 1.807) is 6.08 Å². The van der Waals surface area contributed by atoms with Gasteiger partial charge in [0.05, 0.1) is 0 Å². The van der Waals surface area contributed by atoms with Gasteiger partial charge in [0.2, 0.25) is 0 Å². The summed E-state index contributed by atoms with van der Waals surface area (Å²) < 4.78 is 0. The first-order valence-corrected chi connectivity index (χ1v) is 4.25. The van der Waals surface area contributed by atoms with E-state index in [4.69, 9.17) is 11.6 Å². The average molecular weight is 180 g/mol. The molecular formula is C11H12Cl. The van der Waals surface area contributed by atoms with E-state index in [1.165, 1.54) is 0 Å². The lowest BCUT2D eigenvalue weighted by molar-refractivity contribution is 1.08. The highest BCUT2D eigenvalue weighted by Gasteiger charge is 2.06. The van der Waals surface area contributed by atoms with Crippen molar-refractivity contribution in [3.63, 3.8) is 0 Å². The summed E-state index contributed by atoms with van der Waals surface area (Å²) >= 11 is 6.08. The van der Waals surface area contributed by atoms with Gasteiger partial charge in [0.1, 0.15) is 0 Å². The molecule has 0 fully saturated rings. The van der Waals surface area contributed by atoms with E-state index in [2.05, 4.69) is 13.5 Å². The highest BCUT2D eigenvalue weighted by Crippen LogP contribution is 2.27. The van der Waals surface area contributed by atoms with Crippen LogP contribution in [0.15, 0.2) is 30.9 Å². The van der Waals surface area contributed by atoms with Crippen molar-refractivity contribution >= 4 is 11.6 Å². The molecule has 1 rings (SSSR count). The van der Waals surface area contributed by atoms with Crippen LogP contribution in [0, 0.1) is 13.8 Å². The first-order valence-electron chi connectivity index (χ1n) is 3.87. The Labute approximate surface area is 78.9 Å². The molecule has 1 radical (unpaired) electrons. The Bertz CT molecular complexity index is 289. The number of benzene rings is 1. The lowest BCUT2D eigenvalue weighted by Gasteiger charge is -2.09. The molecule has 1 aromatic rings. The molecule has 0 aliphatic rings. The molecule has 1 unspecified atom stereocenters. The number of allylic oxidation sites excluding steroid dienone is 1. The van der Waals surface area contributed by atoms with Gasteiger partial charge >= 0.3 is 0 Å². The van der Waals surface area contributed by atoms with Crippen LogP contribution < -0.4 is 0 Å². The van der Waals surface area contributed by atoms with E-state index in [0.717, 1.165) is 16.1 Å². The maximum absolute atomic E-state index is 6.08. The summed E-state index contributed by atoms with van der Waals surface area (Å²) in [6.45, 7) is 9.60. The quantitative estimate of drug-likeness (QED) is 0.607. The fourth-order valence-electron chi connectivity index (χ4n) is 1.08. The van der Waals surface area contributed by atoms with E-state index >= 15 is 0 Å². The second-order valence-electron chi connectivity index (χ2n) is 2.82. The lowest BCUT2D eigenvalue weighted by atomic mass is 9.99. The smallest absolute Gasteiger partial charge is 0.0473 e. The van der Waals surface area contributed by atoms with Crippen molar-refractivity contribution in [2.45, 2.75) is 12.8 Å². The normalized spacial score (nSPS) is 12.6. The standard InChI is InChI=1S/C11H12Cl/c1-4-8(2)10-7-5-6-9(3)11(10)12/h4-8H,1-2H2,3H3. The van der Waals surface area contributed by atoms with Gasteiger partial charge in [-0.1, -0.05) is 35.9 Å². The summed E-state index contributed by atoms with van der Waals surface area (Å²) in [6, 6.07) is 5.95. The Balaban J connectivity index is 3.15. The molecule has 0 heterocycles. The number of hydrogen-bond donors (Lipinski definition) is 0. The van der Waals surface area contributed by atoms with E-state index in [1.807, 2.05) is 25.1 Å². The van der Waals surface area contributed by atoms with Gasteiger partial charge in [0, 0.05) is 10.9 Å². The van der Waals surface area contributed by atoms with Crippen LogP contribution in [0.5, 0.6) is 0 Å². The first-order chi connectivity index (χ1) is 5.66. The van der Waals surface area contributed by atoms with Gasteiger partial charge in [-0.05, 0) is 25.0 Å². The van der Waals surface area contributed by atoms with Crippen molar-refractivity contribution in [1.82, 2.24) is 0 Å². The summed E-state index contributed by atoms with van der Waals surface area (Å²) in [5.41, 5.74) is 2.14. The van der Waals surface area contributed by atoms with Crippen LogP contribution in [0.1, 0.15) is 17.0 Å². The van der Waals surface area contributed by atoms with Gasteiger partial charge in [-0.15, -0.1) is 6.58 Å². The molecule has 1 atom stereocenters. The van der Waals surface area contributed by atoms with Crippen molar-refractivity contribution in [3.05, 3.63) is 53.9 Å². The first kappa shape index (κ1) is 9.34. The molecule has 1 aromatic carbocycles. The predicted molar refractivity (Wildman–Crippen MR) is 54.5 cm³/mol. The average Bonchev–Trinajstić information content (AvgIpc) is 2.08. The van der Waals surface area contributed by atoms with Crippen molar-refractivity contribution in [1.29, 1.82) is 0 Å². The third-order valence-corrected chi connectivity index (χ3v) is 2.42. The third-order valence-electron chi connectivity index (χ3n) is 1.91. The Morgan fingerprint density at radius 3 is 2.75 bits per heavy atom. The molecule has 0 nitrogen and oxygen atoms in total. The summed E-state index contributed by atoms with van der Waals surface area (Å²) in [7, 11) is 0. The molecule has 1 heteroatoms. The van der Waals surface area contributed by atoms with E-state index < -0.39 is 0 Å². The Hall–Kier alpha value is -0.750. The minimum absolute atomic E-state index is 0.0809. The lowest BCUT2D eigenvalue weighted by Crippen LogP contribution is -1.91. The van der Waals surface area contributed by atoms with Crippen LogP contribution in [0.4, 0.5) is 0 Å². The van der Waals surface area contributed by atoms with Gasteiger partial charge < -0.3 is 0 Å². The van der Waals surface area contributed by atoms with Gasteiger partial charge in [0.15, 0.2) is 0 Å². The maximum Gasteiger partial charge on any atom is 0.0473 e. The topological polar surface area (TPSA) is 0 Å². The van der Waals surface area contributed by atoms with Gasteiger partial charge in [-0.2, -0.15) is 0 Å². The molecule has 0 aliphatic heterocycles. The van der Waals surface area contributed by atoms with Crippen molar-refractivity contribution in [3.8, 4) is 0 Å². The molecule has 0 spiro atoms. The van der Waals surface area contributed by atoms with Crippen LogP contribution in [-0.4, -0.2) is 0 Å². The highest BCUT2D eigenvalue weighted by atomic mass is 35.5. The molecule has 12 heavy (non-hydrogen) atoms. The fraction of sp³-hybridized carbons (Fsp3) is 0.182. The van der Waals surface area contributed by atoms with Crippen LogP contribution in [-0.2, 0) is 0 Å². The SMILES string of the molecule is [CH2]C(C=C)c1cccc(C)c1Cl. The molecule has 0 saturated heterocycles. The number of aryl methyl sites for hydroxylation is 1. The number of rotatable bonds is 2. The van der Waals surface area contributed by atoms with E-state index in [-0.39, 0.29) is 5.92 Å². The van der Waals surface area contributed by atoms with Crippen LogP contribution in [0.25, 0.3) is 0 Å². The maximum atomic E-state index is 6.08. The molecular weight excluding hydrogens is 168 g/mol. The number of hydrogen-bond acceptors (Lipinski definition) is 0. The predicted octanol–water partition coefficient (Wildman–Crippen LogP) is 3.75. The molecule has 0 saturated carbocycles. The second-order valence-corrected chi connectivity index (χ2v) is 3.20. The van der Waals surface area contributed by atoms with E-state index in [0.29, 0.717) is 0 Å². The summed E-state index contributed by atoms with van der Waals surface area (Å²) in [5, 5.41) is 0.803. The monoisotopic (exact) mass is 179 g/mol. The van der Waals surface area contributed by atoms with Gasteiger partial charge in [-0.3, -0.25) is 0 Å². The zero-order valence-electron chi connectivity index (χ0n) is 7.18. The summed E-state index contributed by atoms with van der Waals surface area (Å²) in [4.78, 5) is 0. The van der Waals surface area contributed by atoms with Crippen molar-refractivity contribution < 1.29 is 0 Å². The van der Waals surface area contributed by atoms with Crippen LogP contribution in [0.3, 0.4) is 0 Å². The highest BCUT2D eigenvalue weighted by molar-refractivity contribution is 6.32. The zero-order chi connectivity index (χ0) is 9.14. The minimum Gasteiger partial charge on any atom is -0.102 e. The second kappa shape index (κ2) is 3.77. The fourth-order valence-corrected chi connectivity index (χ4v) is 1.35. The molecule has 0 bridgehead atoms. The van der Waals surface area contributed by atoms with Crippen molar-refractivity contribution in [2.75, 3.05) is 0 Å². The number of halogens is 1. The molecule has 0 aromatic heterocycles. The van der Waals surface area contributed by atoms with Gasteiger partial charge in [-0.25, -0.2) is 0 Å². The Morgan fingerprint density at radius 2 is 2.17 bits per heavy atom. The molecule has 0 amide bonds. The van der Waals surface area contributed by atoms with E-state index in [9.17, 15) is 0 Å². The Morgan fingerprint density at radius 1 is 1.50 bits per heavy atom. The van der Waals surface area contributed by atoms with Crippen LogP contribution >= 0.6 is 11.6 Å².